The summed E-state index contributed by atoms with van der Waals surface area (Å²) < 4.78 is 7.18. The third-order valence-electron chi connectivity index (χ3n) is 2.97. The van der Waals surface area contributed by atoms with Gasteiger partial charge in [-0.15, -0.1) is 11.3 Å². The third kappa shape index (κ3) is 2.34. The molecular weight excluding hydrogens is 306 g/mol. The van der Waals surface area contributed by atoms with Gasteiger partial charge in [0, 0.05) is 23.4 Å². The molecule has 0 spiro atoms. The molecule has 0 aliphatic heterocycles. The van der Waals surface area contributed by atoms with Crippen LogP contribution in [0.4, 0.5) is 0 Å². The van der Waals surface area contributed by atoms with Crippen molar-refractivity contribution in [2.75, 3.05) is 0 Å². The number of fused-ring (bicyclic) bond motifs is 2. The number of para-hydroxylation sites is 2. The number of nitrogens with zero attached hydrogens (tertiary/aromatic N) is 3. The first-order valence-corrected chi connectivity index (χ1v) is 8.10. The van der Waals surface area contributed by atoms with Crippen molar-refractivity contribution in [2.45, 2.75) is 11.0 Å². The minimum atomic E-state index is -0.0607. The molecule has 0 amide bonds. The number of aromatic nitrogens is 3. The summed E-state index contributed by atoms with van der Waals surface area (Å²) in [4.78, 5) is 21.4. The van der Waals surface area contributed by atoms with Crippen LogP contribution in [0.5, 0.6) is 0 Å². The number of thiazole rings is 1. The van der Waals surface area contributed by atoms with Crippen LogP contribution < -0.4 is 5.56 Å². The molecule has 3 aromatic heterocycles. The molecule has 0 saturated heterocycles. The van der Waals surface area contributed by atoms with Crippen molar-refractivity contribution in [1.29, 1.82) is 0 Å². The second-order valence-electron chi connectivity index (χ2n) is 4.38. The summed E-state index contributed by atoms with van der Waals surface area (Å²) >= 11 is 2.88. The lowest BCUT2D eigenvalue weighted by atomic mass is 10.3. The van der Waals surface area contributed by atoms with Gasteiger partial charge in [-0.05, 0) is 12.1 Å². The van der Waals surface area contributed by atoms with E-state index >= 15 is 0 Å². The topological polar surface area (TPSA) is 60.4 Å². The van der Waals surface area contributed by atoms with Gasteiger partial charge in [0.15, 0.2) is 10.5 Å². The lowest BCUT2D eigenvalue weighted by Crippen LogP contribution is -2.12. The Labute approximate surface area is 127 Å². The van der Waals surface area contributed by atoms with E-state index in [2.05, 4.69) is 9.97 Å². The van der Waals surface area contributed by atoms with Crippen molar-refractivity contribution in [2.24, 2.45) is 0 Å². The highest BCUT2D eigenvalue weighted by Crippen LogP contribution is 2.25. The number of hydrogen-bond donors (Lipinski definition) is 0. The van der Waals surface area contributed by atoms with Crippen LogP contribution in [0.2, 0.25) is 0 Å². The van der Waals surface area contributed by atoms with Gasteiger partial charge in [0.25, 0.3) is 10.8 Å². The van der Waals surface area contributed by atoms with Gasteiger partial charge in [0.05, 0.1) is 5.69 Å². The van der Waals surface area contributed by atoms with Crippen LogP contribution in [-0.2, 0) is 5.75 Å². The van der Waals surface area contributed by atoms with Gasteiger partial charge >= 0.3 is 0 Å². The molecule has 4 rings (SSSR count). The van der Waals surface area contributed by atoms with E-state index in [1.807, 2.05) is 29.6 Å². The fourth-order valence-electron chi connectivity index (χ4n) is 2.01. The number of hydrogen-bond acceptors (Lipinski definition) is 6. The van der Waals surface area contributed by atoms with Gasteiger partial charge in [0.2, 0.25) is 0 Å². The van der Waals surface area contributed by atoms with Crippen LogP contribution in [0.3, 0.4) is 0 Å². The van der Waals surface area contributed by atoms with Crippen LogP contribution in [0.15, 0.2) is 56.3 Å². The lowest BCUT2D eigenvalue weighted by Gasteiger charge is -1.98. The molecule has 104 valence electrons. The zero-order valence-electron chi connectivity index (χ0n) is 10.7. The Kier molecular flexibility index (Phi) is 3.01. The molecule has 21 heavy (non-hydrogen) atoms. The number of oxazole rings is 1. The van der Waals surface area contributed by atoms with E-state index in [1.165, 1.54) is 27.5 Å². The molecule has 0 aliphatic carbocycles. The number of rotatable bonds is 3. The monoisotopic (exact) mass is 315 g/mol. The Hall–Kier alpha value is -2.12. The first-order valence-electron chi connectivity index (χ1n) is 6.24. The molecule has 0 unspecified atom stereocenters. The Bertz CT molecular complexity index is 953. The Morgan fingerprint density at radius 2 is 2.19 bits per heavy atom. The molecule has 3 heterocycles. The van der Waals surface area contributed by atoms with E-state index in [-0.39, 0.29) is 5.56 Å². The zero-order chi connectivity index (χ0) is 14.2. The van der Waals surface area contributed by atoms with E-state index in [9.17, 15) is 4.79 Å². The lowest BCUT2D eigenvalue weighted by molar-refractivity contribution is 0.489. The molecule has 0 fully saturated rings. The van der Waals surface area contributed by atoms with E-state index in [0.29, 0.717) is 15.9 Å². The maximum atomic E-state index is 11.9. The van der Waals surface area contributed by atoms with Crippen LogP contribution in [0.1, 0.15) is 5.69 Å². The second-order valence-corrected chi connectivity index (χ2v) is 6.18. The number of benzene rings is 1. The van der Waals surface area contributed by atoms with Crippen molar-refractivity contribution >= 4 is 39.2 Å². The minimum Gasteiger partial charge on any atom is -0.431 e. The maximum Gasteiger partial charge on any atom is 0.258 e. The summed E-state index contributed by atoms with van der Waals surface area (Å²) in [5.41, 5.74) is 2.27. The minimum absolute atomic E-state index is 0.0607. The fourth-order valence-corrected chi connectivity index (χ4v) is 3.48. The second kappa shape index (κ2) is 5.01. The highest BCUT2D eigenvalue weighted by atomic mass is 32.2. The van der Waals surface area contributed by atoms with Gasteiger partial charge in [0.1, 0.15) is 5.52 Å². The first-order chi connectivity index (χ1) is 10.3. The van der Waals surface area contributed by atoms with Crippen LogP contribution >= 0.6 is 23.1 Å². The highest BCUT2D eigenvalue weighted by molar-refractivity contribution is 7.98. The predicted octanol–water partition coefficient (Wildman–Crippen LogP) is 3.19. The molecule has 4 aromatic rings. The highest BCUT2D eigenvalue weighted by Gasteiger charge is 2.08. The summed E-state index contributed by atoms with van der Waals surface area (Å²) in [5.74, 6) is 0.552. The smallest absolute Gasteiger partial charge is 0.258 e. The quantitative estimate of drug-likeness (QED) is 0.543. The summed E-state index contributed by atoms with van der Waals surface area (Å²) in [7, 11) is 0. The third-order valence-corrected chi connectivity index (χ3v) is 4.59. The fraction of sp³-hybridized carbons (Fsp3) is 0.0714. The standard InChI is InChI=1S/C14H9N3O2S2/c18-12-7-9(15-13-17(12)5-6-20-13)8-21-14-16-10-3-1-2-4-11(10)19-14/h1-7H,8H2. The largest absolute Gasteiger partial charge is 0.431 e. The first kappa shape index (κ1) is 12.6. The van der Waals surface area contributed by atoms with Crippen molar-refractivity contribution in [1.82, 2.24) is 14.4 Å². The Morgan fingerprint density at radius 3 is 3.10 bits per heavy atom. The van der Waals surface area contributed by atoms with Gasteiger partial charge in [-0.3, -0.25) is 9.20 Å². The van der Waals surface area contributed by atoms with Gasteiger partial charge in [-0.25, -0.2) is 9.97 Å². The molecule has 0 radical (unpaired) electrons. The van der Waals surface area contributed by atoms with Crippen LogP contribution in [-0.4, -0.2) is 14.4 Å². The van der Waals surface area contributed by atoms with E-state index in [0.717, 1.165) is 16.8 Å². The van der Waals surface area contributed by atoms with Crippen LogP contribution in [0.25, 0.3) is 16.1 Å². The molecule has 0 atom stereocenters. The Morgan fingerprint density at radius 1 is 1.29 bits per heavy atom. The van der Waals surface area contributed by atoms with Crippen molar-refractivity contribution in [3.63, 3.8) is 0 Å². The molecule has 0 bridgehead atoms. The van der Waals surface area contributed by atoms with Gasteiger partial charge in [-0.2, -0.15) is 0 Å². The van der Waals surface area contributed by atoms with E-state index in [4.69, 9.17) is 4.42 Å². The summed E-state index contributed by atoms with van der Waals surface area (Å²) in [6, 6.07) is 9.18. The molecule has 7 heteroatoms. The molecule has 0 N–H and O–H groups in total. The summed E-state index contributed by atoms with van der Waals surface area (Å²) in [6.45, 7) is 0. The van der Waals surface area contributed by atoms with Gasteiger partial charge in [-0.1, -0.05) is 23.9 Å². The number of thioether (sulfide) groups is 1. The Balaban J connectivity index is 1.61. The average molecular weight is 315 g/mol. The molecule has 0 saturated carbocycles. The van der Waals surface area contributed by atoms with E-state index in [1.54, 1.807) is 12.3 Å². The van der Waals surface area contributed by atoms with Crippen molar-refractivity contribution in [3.8, 4) is 0 Å². The van der Waals surface area contributed by atoms with Crippen LogP contribution in [0, 0.1) is 0 Å². The van der Waals surface area contributed by atoms with Crippen molar-refractivity contribution < 1.29 is 4.42 Å². The summed E-state index contributed by atoms with van der Waals surface area (Å²) in [5, 5.41) is 2.44. The predicted molar refractivity (Wildman–Crippen MR) is 82.9 cm³/mol. The SMILES string of the molecule is O=c1cc(CSc2nc3ccccc3o2)nc2sccn12. The molecular formula is C14H9N3O2S2. The summed E-state index contributed by atoms with van der Waals surface area (Å²) in [6.07, 6.45) is 1.73. The normalized spacial score (nSPS) is 11.4. The van der Waals surface area contributed by atoms with Crippen molar-refractivity contribution in [3.05, 3.63) is 58.0 Å². The maximum absolute atomic E-state index is 11.9. The zero-order valence-corrected chi connectivity index (χ0v) is 12.4. The molecule has 5 nitrogen and oxygen atoms in total. The molecule has 1 aromatic carbocycles. The van der Waals surface area contributed by atoms with E-state index < -0.39 is 0 Å². The average Bonchev–Trinajstić information content (AvgIpc) is 3.11. The molecule has 0 aliphatic rings. The van der Waals surface area contributed by atoms with Gasteiger partial charge < -0.3 is 4.42 Å².